The molecule has 0 unspecified atom stereocenters. The Morgan fingerprint density at radius 2 is 1.64 bits per heavy atom. The minimum Gasteiger partial charge on any atom is -1.00 e. The fraction of sp³-hybridized carbons (Fsp3) is 0.323. The molecule has 206 valence electrons. The number of amides is 2. The SMILES string of the molecule is C[N+]1(C)CCC(OC(=O)Nc2ccc(CCCC(=O)Nc3ccc(C=O)cc3)cc2-c2ccccc2)CC1.[I-]. The van der Waals surface area contributed by atoms with Crippen LogP contribution >= 0.6 is 0 Å². The summed E-state index contributed by atoms with van der Waals surface area (Å²) in [6.45, 7) is 1.98. The molecule has 2 N–H and O–H groups in total. The van der Waals surface area contributed by atoms with Gasteiger partial charge in [0.25, 0.3) is 0 Å². The molecule has 39 heavy (non-hydrogen) atoms. The largest absolute Gasteiger partial charge is 1.00 e. The Morgan fingerprint density at radius 1 is 0.949 bits per heavy atom. The standard InChI is InChI=1S/C31H35N3O4.HI/c1-34(2)19-17-27(18-20-34)38-31(37)33-29-16-13-23(21-28(29)25-8-4-3-5-9-25)7-6-10-30(36)32-26-14-11-24(22-35)12-15-26;/h3-5,8-9,11-16,21-22,27H,6-7,10,17-20H2,1-2H3,(H-,32,33,35,36,37);1H. The number of rotatable bonds is 9. The summed E-state index contributed by atoms with van der Waals surface area (Å²) in [7, 11) is 4.40. The number of aryl methyl sites for hydroxylation is 1. The minimum atomic E-state index is -0.426. The average molecular weight is 642 g/mol. The minimum absolute atomic E-state index is 0. The topological polar surface area (TPSA) is 84.5 Å². The Bertz CT molecular complexity index is 1250. The summed E-state index contributed by atoms with van der Waals surface area (Å²) in [6, 6.07) is 22.7. The molecule has 2 amide bonds. The Hall–Kier alpha value is -3.24. The van der Waals surface area contributed by atoms with Crippen LogP contribution < -0.4 is 34.6 Å². The number of benzene rings is 3. The van der Waals surface area contributed by atoms with E-state index < -0.39 is 6.09 Å². The monoisotopic (exact) mass is 641 g/mol. The lowest BCUT2D eigenvalue weighted by Crippen LogP contribution is -3.00. The number of carbonyl (C=O) groups excluding carboxylic acids is 3. The number of quaternary nitrogens is 1. The molecule has 1 heterocycles. The number of aldehydes is 1. The van der Waals surface area contributed by atoms with E-state index in [4.69, 9.17) is 4.74 Å². The van der Waals surface area contributed by atoms with Crippen molar-refractivity contribution in [3.8, 4) is 11.1 Å². The number of hydrogen-bond donors (Lipinski definition) is 2. The average Bonchev–Trinajstić information content (AvgIpc) is 2.91. The van der Waals surface area contributed by atoms with Crippen LogP contribution in [0.2, 0.25) is 0 Å². The third kappa shape index (κ3) is 9.18. The van der Waals surface area contributed by atoms with Crippen LogP contribution in [0.5, 0.6) is 0 Å². The van der Waals surface area contributed by atoms with E-state index in [0.717, 1.165) is 59.8 Å². The molecule has 0 radical (unpaired) electrons. The van der Waals surface area contributed by atoms with Gasteiger partial charge in [-0.1, -0.05) is 36.4 Å². The van der Waals surface area contributed by atoms with Crippen LogP contribution in [-0.2, 0) is 16.0 Å². The third-order valence-electron chi connectivity index (χ3n) is 6.99. The Balaban J connectivity index is 0.00000420. The number of nitrogens with one attached hydrogen (secondary N) is 2. The van der Waals surface area contributed by atoms with E-state index in [1.165, 1.54) is 0 Å². The zero-order valence-corrected chi connectivity index (χ0v) is 24.6. The molecule has 0 saturated carbocycles. The molecule has 0 atom stereocenters. The van der Waals surface area contributed by atoms with Gasteiger partial charge in [-0.15, -0.1) is 0 Å². The van der Waals surface area contributed by atoms with Crippen molar-refractivity contribution < 1.29 is 47.6 Å². The van der Waals surface area contributed by atoms with E-state index in [2.05, 4.69) is 30.8 Å². The highest BCUT2D eigenvalue weighted by atomic mass is 127. The van der Waals surface area contributed by atoms with E-state index in [1.807, 2.05) is 42.5 Å². The lowest BCUT2D eigenvalue weighted by atomic mass is 9.98. The normalized spacial score (nSPS) is 14.5. The van der Waals surface area contributed by atoms with Crippen LogP contribution in [0.3, 0.4) is 0 Å². The van der Waals surface area contributed by atoms with Crippen molar-refractivity contribution in [1.82, 2.24) is 0 Å². The number of halogens is 1. The van der Waals surface area contributed by atoms with Gasteiger partial charge in [-0.05, 0) is 60.4 Å². The predicted molar refractivity (Wildman–Crippen MR) is 150 cm³/mol. The van der Waals surface area contributed by atoms with Crippen LogP contribution in [0.25, 0.3) is 11.1 Å². The lowest BCUT2D eigenvalue weighted by Gasteiger charge is -2.36. The van der Waals surface area contributed by atoms with Crippen molar-refractivity contribution in [2.45, 2.75) is 38.2 Å². The number of carbonyl (C=O) groups is 3. The van der Waals surface area contributed by atoms with Crippen LogP contribution in [-0.4, -0.2) is 56.1 Å². The molecular weight excluding hydrogens is 605 g/mol. The van der Waals surface area contributed by atoms with Gasteiger partial charge >= 0.3 is 6.09 Å². The first kappa shape index (κ1) is 30.3. The first-order chi connectivity index (χ1) is 18.3. The Morgan fingerprint density at radius 3 is 2.31 bits per heavy atom. The van der Waals surface area contributed by atoms with E-state index >= 15 is 0 Å². The number of piperidine rings is 1. The van der Waals surface area contributed by atoms with Gasteiger partial charge in [0.05, 0.1) is 32.9 Å². The van der Waals surface area contributed by atoms with Crippen LogP contribution in [0.1, 0.15) is 41.6 Å². The van der Waals surface area contributed by atoms with Crippen LogP contribution in [0, 0.1) is 0 Å². The van der Waals surface area contributed by atoms with Crippen molar-refractivity contribution in [3.05, 3.63) is 83.9 Å². The summed E-state index contributed by atoms with van der Waals surface area (Å²) in [5, 5.41) is 5.83. The second-order valence-corrected chi connectivity index (χ2v) is 10.5. The lowest BCUT2D eigenvalue weighted by molar-refractivity contribution is -0.896. The van der Waals surface area contributed by atoms with E-state index in [9.17, 15) is 14.4 Å². The smallest absolute Gasteiger partial charge is 0.411 e. The maximum absolute atomic E-state index is 12.7. The zero-order valence-electron chi connectivity index (χ0n) is 22.5. The molecule has 3 aromatic rings. The molecule has 1 aliphatic heterocycles. The van der Waals surface area contributed by atoms with Gasteiger partial charge in [0.1, 0.15) is 12.4 Å². The van der Waals surface area contributed by atoms with E-state index in [1.54, 1.807) is 24.3 Å². The van der Waals surface area contributed by atoms with Crippen molar-refractivity contribution in [3.63, 3.8) is 0 Å². The molecule has 1 saturated heterocycles. The maximum Gasteiger partial charge on any atom is 0.411 e. The second kappa shape index (κ2) is 14.2. The van der Waals surface area contributed by atoms with Gasteiger partial charge in [-0.2, -0.15) is 0 Å². The van der Waals surface area contributed by atoms with Gasteiger partial charge in [-0.3, -0.25) is 14.9 Å². The van der Waals surface area contributed by atoms with Gasteiger partial charge < -0.3 is 38.5 Å². The summed E-state index contributed by atoms with van der Waals surface area (Å²) in [5.41, 5.74) is 4.94. The fourth-order valence-corrected chi connectivity index (χ4v) is 4.69. The van der Waals surface area contributed by atoms with Gasteiger partial charge in [0.2, 0.25) is 5.91 Å². The summed E-state index contributed by atoms with van der Waals surface area (Å²) in [4.78, 5) is 35.9. The highest BCUT2D eigenvalue weighted by Crippen LogP contribution is 2.30. The molecular formula is C31H36IN3O4. The van der Waals surface area contributed by atoms with Crippen molar-refractivity contribution in [2.24, 2.45) is 0 Å². The summed E-state index contributed by atoms with van der Waals surface area (Å²) >= 11 is 0. The fourth-order valence-electron chi connectivity index (χ4n) is 4.69. The molecule has 1 fully saturated rings. The van der Waals surface area contributed by atoms with Crippen molar-refractivity contribution in [2.75, 3.05) is 37.8 Å². The highest BCUT2D eigenvalue weighted by molar-refractivity contribution is 5.92. The quantitative estimate of drug-likeness (QED) is 0.214. The Labute approximate surface area is 247 Å². The van der Waals surface area contributed by atoms with Gasteiger partial charge in [-0.25, -0.2) is 4.79 Å². The molecule has 0 aromatic heterocycles. The number of ether oxygens (including phenoxy) is 1. The molecule has 0 spiro atoms. The van der Waals surface area contributed by atoms with Crippen LogP contribution in [0.15, 0.2) is 72.8 Å². The Kier molecular flexibility index (Phi) is 11.1. The molecule has 1 aliphatic rings. The summed E-state index contributed by atoms with van der Waals surface area (Å²) < 4.78 is 6.70. The predicted octanol–water partition coefficient (Wildman–Crippen LogP) is 2.92. The van der Waals surface area contributed by atoms with Crippen molar-refractivity contribution >= 4 is 29.7 Å². The van der Waals surface area contributed by atoms with Gasteiger partial charge in [0.15, 0.2) is 0 Å². The molecule has 0 bridgehead atoms. The second-order valence-electron chi connectivity index (χ2n) is 10.5. The van der Waals surface area contributed by atoms with E-state index in [-0.39, 0.29) is 36.0 Å². The maximum atomic E-state index is 12.7. The number of likely N-dealkylation sites (tertiary alicyclic amines) is 1. The first-order valence-corrected chi connectivity index (χ1v) is 13.1. The number of anilines is 2. The molecule has 7 nitrogen and oxygen atoms in total. The van der Waals surface area contributed by atoms with Crippen molar-refractivity contribution in [1.29, 1.82) is 0 Å². The molecule has 4 rings (SSSR count). The number of hydrogen-bond acceptors (Lipinski definition) is 4. The zero-order chi connectivity index (χ0) is 27.0. The third-order valence-corrected chi connectivity index (χ3v) is 6.99. The van der Waals surface area contributed by atoms with Crippen LogP contribution in [0.4, 0.5) is 16.2 Å². The summed E-state index contributed by atoms with van der Waals surface area (Å²) in [5.74, 6) is -0.0712. The first-order valence-electron chi connectivity index (χ1n) is 13.1. The van der Waals surface area contributed by atoms with E-state index in [0.29, 0.717) is 29.8 Å². The molecule has 8 heteroatoms. The number of nitrogens with zero attached hydrogens (tertiary/aromatic N) is 1. The van der Waals surface area contributed by atoms with Gasteiger partial charge in [0, 0.05) is 36.1 Å². The molecule has 3 aromatic carbocycles. The molecule has 0 aliphatic carbocycles. The summed E-state index contributed by atoms with van der Waals surface area (Å²) in [6.07, 6.45) is 3.79. The highest BCUT2D eigenvalue weighted by Gasteiger charge is 2.28.